The van der Waals surface area contributed by atoms with Crippen LogP contribution in [0.3, 0.4) is 0 Å². The zero-order valence-corrected chi connectivity index (χ0v) is 13.8. The molecule has 1 aliphatic rings. The van der Waals surface area contributed by atoms with Gasteiger partial charge in [-0.15, -0.1) is 0 Å². The van der Waals surface area contributed by atoms with Crippen molar-refractivity contribution >= 4 is 18.0 Å². The Morgan fingerprint density at radius 3 is 1.77 bits per heavy atom. The Bertz CT molecular complexity index is 801. The van der Waals surface area contributed by atoms with Gasteiger partial charge in [0, 0.05) is 5.92 Å². The number of carbonyl (C=O) groups excluding carboxylic acids is 1. The predicted molar refractivity (Wildman–Crippen MR) is 91.9 cm³/mol. The number of aliphatic carboxylic acids is 2. The van der Waals surface area contributed by atoms with E-state index in [-0.39, 0.29) is 12.5 Å². The van der Waals surface area contributed by atoms with Crippen LogP contribution in [0.25, 0.3) is 11.1 Å². The Balaban J connectivity index is 1.77. The maximum atomic E-state index is 12.2. The van der Waals surface area contributed by atoms with Crippen LogP contribution in [0.5, 0.6) is 0 Å². The standard InChI is InChI=1S/C19H17NO6/c21-17(22)9-20(10-18(23)24)19(25)26-11-16-14-7-3-1-5-12(14)13-6-2-4-8-15(13)16/h1-8,16H,9-11H2,(H,21,22)(H,23,24). The molecule has 0 heterocycles. The van der Waals surface area contributed by atoms with Crippen molar-refractivity contribution in [1.82, 2.24) is 4.90 Å². The molecule has 0 bridgehead atoms. The lowest BCUT2D eigenvalue weighted by atomic mass is 9.98. The van der Waals surface area contributed by atoms with Crippen molar-refractivity contribution < 1.29 is 29.3 Å². The molecule has 26 heavy (non-hydrogen) atoms. The van der Waals surface area contributed by atoms with Gasteiger partial charge in [0.2, 0.25) is 0 Å². The van der Waals surface area contributed by atoms with Crippen LogP contribution < -0.4 is 0 Å². The SMILES string of the molecule is O=C(O)CN(CC(=O)O)C(=O)OCC1c2ccccc2-c2ccccc21. The van der Waals surface area contributed by atoms with E-state index in [1.165, 1.54) is 0 Å². The summed E-state index contributed by atoms with van der Waals surface area (Å²) in [5.74, 6) is -2.79. The molecule has 134 valence electrons. The molecule has 0 atom stereocenters. The average molecular weight is 355 g/mol. The number of carboxylic acid groups (broad SMARTS) is 2. The van der Waals surface area contributed by atoms with Gasteiger partial charge in [0.1, 0.15) is 19.7 Å². The second-order valence-corrected chi connectivity index (χ2v) is 5.95. The number of carboxylic acids is 2. The van der Waals surface area contributed by atoms with Crippen molar-refractivity contribution in [3.05, 3.63) is 59.7 Å². The zero-order chi connectivity index (χ0) is 18.7. The lowest BCUT2D eigenvalue weighted by Gasteiger charge is -2.20. The van der Waals surface area contributed by atoms with Gasteiger partial charge in [-0.2, -0.15) is 0 Å². The summed E-state index contributed by atoms with van der Waals surface area (Å²) in [6.45, 7) is -1.46. The number of ether oxygens (including phenoxy) is 1. The number of carbonyl (C=O) groups is 3. The molecule has 0 aromatic heterocycles. The maximum Gasteiger partial charge on any atom is 0.410 e. The first-order chi connectivity index (χ1) is 12.5. The van der Waals surface area contributed by atoms with Gasteiger partial charge >= 0.3 is 18.0 Å². The lowest BCUT2D eigenvalue weighted by Crippen LogP contribution is -2.40. The topological polar surface area (TPSA) is 104 Å². The summed E-state index contributed by atoms with van der Waals surface area (Å²) < 4.78 is 5.26. The molecular formula is C19H17NO6. The van der Waals surface area contributed by atoms with Crippen molar-refractivity contribution in [3.8, 4) is 11.1 Å². The first-order valence-corrected chi connectivity index (χ1v) is 8.01. The number of rotatable bonds is 6. The third-order valence-electron chi connectivity index (χ3n) is 4.25. The van der Waals surface area contributed by atoms with E-state index in [4.69, 9.17) is 14.9 Å². The highest BCUT2D eigenvalue weighted by Gasteiger charge is 2.30. The van der Waals surface area contributed by atoms with Crippen molar-refractivity contribution in [2.24, 2.45) is 0 Å². The normalized spacial score (nSPS) is 12.2. The average Bonchev–Trinajstić information content (AvgIpc) is 2.92. The molecule has 0 unspecified atom stereocenters. The molecular weight excluding hydrogens is 338 g/mol. The molecule has 2 N–H and O–H groups in total. The van der Waals surface area contributed by atoms with Crippen molar-refractivity contribution in [2.45, 2.75) is 5.92 Å². The fourth-order valence-electron chi connectivity index (χ4n) is 3.20. The van der Waals surface area contributed by atoms with Gasteiger partial charge in [-0.25, -0.2) is 4.79 Å². The number of benzene rings is 2. The summed E-state index contributed by atoms with van der Waals surface area (Å²) in [6, 6.07) is 15.6. The van der Waals surface area contributed by atoms with Crippen LogP contribution in [-0.2, 0) is 14.3 Å². The van der Waals surface area contributed by atoms with Gasteiger partial charge in [-0.05, 0) is 22.3 Å². The van der Waals surface area contributed by atoms with E-state index in [1.807, 2.05) is 48.5 Å². The van der Waals surface area contributed by atoms with Crippen LogP contribution in [-0.4, -0.2) is 52.8 Å². The summed E-state index contributed by atoms with van der Waals surface area (Å²) in [4.78, 5) is 34.5. The highest BCUT2D eigenvalue weighted by molar-refractivity contribution is 5.82. The van der Waals surface area contributed by atoms with Crippen LogP contribution in [0, 0.1) is 0 Å². The molecule has 3 rings (SSSR count). The van der Waals surface area contributed by atoms with Gasteiger partial charge in [-0.3, -0.25) is 14.5 Å². The smallest absolute Gasteiger partial charge is 0.410 e. The first-order valence-electron chi connectivity index (χ1n) is 8.01. The van der Waals surface area contributed by atoms with Crippen LogP contribution in [0.2, 0.25) is 0 Å². The number of nitrogens with zero attached hydrogens (tertiary/aromatic N) is 1. The van der Waals surface area contributed by atoms with Gasteiger partial charge in [0.15, 0.2) is 0 Å². The monoisotopic (exact) mass is 355 g/mol. The summed E-state index contributed by atoms with van der Waals surface area (Å²) in [5.41, 5.74) is 4.17. The van der Waals surface area contributed by atoms with Crippen molar-refractivity contribution in [2.75, 3.05) is 19.7 Å². The highest BCUT2D eigenvalue weighted by Crippen LogP contribution is 2.44. The van der Waals surface area contributed by atoms with E-state index < -0.39 is 31.1 Å². The Morgan fingerprint density at radius 1 is 0.846 bits per heavy atom. The molecule has 1 amide bonds. The number of amides is 1. The van der Waals surface area contributed by atoms with Gasteiger partial charge in [0.05, 0.1) is 0 Å². The fraction of sp³-hybridized carbons (Fsp3) is 0.211. The van der Waals surface area contributed by atoms with E-state index in [0.29, 0.717) is 4.90 Å². The number of fused-ring (bicyclic) bond motifs is 3. The summed E-state index contributed by atoms with van der Waals surface area (Å²) >= 11 is 0. The van der Waals surface area contributed by atoms with E-state index in [0.717, 1.165) is 22.3 Å². The Labute approximate surface area is 149 Å². The largest absolute Gasteiger partial charge is 0.480 e. The third kappa shape index (κ3) is 3.51. The Morgan fingerprint density at radius 2 is 1.31 bits per heavy atom. The first kappa shape index (κ1) is 17.5. The minimum atomic E-state index is -1.31. The van der Waals surface area contributed by atoms with Crippen LogP contribution >= 0.6 is 0 Å². The second kappa shape index (κ2) is 7.26. The number of hydrogen-bond donors (Lipinski definition) is 2. The molecule has 1 aliphatic carbocycles. The molecule has 2 aromatic carbocycles. The molecule has 0 spiro atoms. The van der Waals surface area contributed by atoms with E-state index in [1.54, 1.807) is 0 Å². The van der Waals surface area contributed by atoms with Gasteiger partial charge < -0.3 is 14.9 Å². The van der Waals surface area contributed by atoms with E-state index in [2.05, 4.69) is 0 Å². The summed E-state index contributed by atoms with van der Waals surface area (Å²) in [7, 11) is 0. The fourth-order valence-corrected chi connectivity index (χ4v) is 3.20. The van der Waals surface area contributed by atoms with Crippen LogP contribution in [0.15, 0.2) is 48.5 Å². The quantitative estimate of drug-likeness (QED) is 0.825. The second-order valence-electron chi connectivity index (χ2n) is 5.95. The molecule has 0 radical (unpaired) electrons. The summed E-state index contributed by atoms with van der Waals surface area (Å²) in [5, 5.41) is 17.7. The van der Waals surface area contributed by atoms with Gasteiger partial charge in [-0.1, -0.05) is 48.5 Å². The number of hydrogen-bond acceptors (Lipinski definition) is 4. The van der Waals surface area contributed by atoms with E-state index >= 15 is 0 Å². The molecule has 0 saturated carbocycles. The molecule has 7 heteroatoms. The molecule has 2 aromatic rings. The minimum Gasteiger partial charge on any atom is -0.480 e. The van der Waals surface area contributed by atoms with Crippen molar-refractivity contribution in [1.29, 1.82) is 0 Å². The predicted octanol–water partition coefficient (Wildman–Crippen LogP) is 2.41. The van der Waals surface area contributed by atoms with Gasteiger partial charge in [0.25, 0.3) is 0 Å². The molecule has 0 saturated heterocycles. The molecule has 0 aliphatic heterocycles. The minimum absolute atomic E-state index is 0.00258. The molecule has 0 fully saturated rings. The van der Waals surface area contributed by atoms with Crippen molar-refractivity contribution in [3.63, 3.8) is 0 Å². The Hall–Kier alpha value is -3.35. The van der Waals surface area contributed by atoms with Crippen LogP contribution in [0.1, 0.15) is 17.0 Å². The maximum absolute atomic E-state index is 12.2. The third-order valence-corrected chi connectivity index (χ3v) is 4.25. The lowest BCUT2D eigenvalue weighted by molar-refractivity contribution is -0.141. The van der Waals surface area contributed by atoms with E-state index in [9.17, 15) is 14.4 Å². The zero-order valence-electron chi connectivity index (χ0n) is 13.8. The van der Waals surface area contributed by atoms with Crippen LogP contribution in [0.4, 0.5) is 4.79 Å². The Kier molecular flexibility index (Phi) is 4.88. The highest BCUT2D eigenvalue weighted by atomic mass is 16.6. The molecule has 7 nitrogen and oxygen atoms in total. The summed E-state index contributed by atoms with van der Waals surface area (Å²) in [6.07, 6.45) is -0.961.